The number of nitrogens with zero attached hydrogens (tertiary/aromatic N) is 1. The number of sulfonamides is 1. The summed E-state index contributed by atoms with van der Waals surface area (Å²) < 4.78 is 25.6. The van der Waals surface area contributed by atoms with E-state index in [1.54, 1.807) is 6.07 Å². The van der Waals surface area contributed by atoms with E-state index >= 15 is 0 Å². The Bertz CT molecular complexity index is 656. The van der Waals surface area contributed by atoms with E-state index in [0.717, 1.165) is 15.4 Å². The lowest BCUT2D eigenvalue weighted by atomic mass is 9.95. The number of carbonyl (C=O) groups excluding carboxylic acids is 1. The minimum Gasteiger partial charge on any atom is -0.325 e. The molecule has 0 aliphatic heterocycles. The molecule has 0 saturated carbocycles. The molecule has 0 saturated heterocycles. The molecular weight excluding hydrogens is 288 g/mol. The van der Waals surface area contributed by atoms with Crippen molar-refractivity contribution in [3.05, 3.63) is 23.3 Å². The van der Waals surface area contributed by atoms with Gasteiger partial charge in [-0.1, -0.05) is 20.8 Å². The van der Waals surface area contributed by atoms with E-state index in [0.29, 0.717) is 5.69 Å². The van der Waals surface area contributed by atoms with E-state index < -0.39 is 15.4 Å². The molecule has 5 nitrogen and oxygen atoms in total. The van der Waals surface area contributed by atoms with Gasteiger partial charge in [0.25, 0.3) is 0 Å². The first-order valence-electron chi connectivity index (χ1n) is 6.72. The average Bonchev–Trinajstić information content (AvgIpc) is 2.32. The highest BCUT2D eigenvalue weighted by atomic mass is 32.2. The highest BCUT2D eigenvalue weighted by molar-refractivity contribution is 7.89. The minimum absolute atomic E-state index is 0.149. The number of hydrogen-bond donors (Lipinski definition) is 1. The van der Waals surface area contributed by atoms with Gasteiger partial charge in [0.2, 0.25) is 15.9 Å². The summed E-state index contributed by atoms with van der Waals surface area (Å²) in [6.07, 6.45) is 0. The standard InChI is InChI=1S/C15H24N2O3S/c1-10-8-12(21(19,20)17(6)7)9-13(11(10)2)16-14(18)15(3,4)5/h8-9H,1-7H3,(H,16,18). The number of benzene rings is 1. The second-order valence-corrected chi connectivity index (χ2v) is 8.56. The number of anilines is 1. The molecule has 0 unspecified atom stereocenters. The van der Waals surface area contributed by atoms with E-state index in [1.165, 1.54) is 20.2 Å². The van der Waals surface area contributed by atoms with E-state index in [4.69, 9.17) is 0 Å². The third-order valence-electron chi connectivity index (χ3n) is 3.35. The molecule has 0 aromatic heterocycles. The summed E-state index contributed by atoms with van der Waals surface area (Å²) in [6.45, 7) is 9.12. The summed E-state index contributed by atoms with van der Waals surface area (Å²) in [5, 5.41) is 2.82. The van der Waals surface area contributed by atoms with Crippen molar-refractivity contribution in [2.24, 2.45) is 5.41 Å². The first-order chi connectivity index (χ1) is 9.37. The van der Waals surface area contributed by atoms with Crippen LogP contribution in [0.25, 0.3) is 0 Å². The van der Waals surface area contributed by atoms with Gasteiger partial charge in [0.15, 0.2) is 0 Å². The van der Waals surface area contributed by atoms with E-state index in [-0.39, 0.29) is 10.8 Å². The van der Waals surface area contributed by atoms with E-state index in [9.17, 15) is 13.2 Å². The predicted octanol–water partition coefficient (Wildman–Crippen LogP) is 2.54. The highest BCUT2D eigenvalue weighted by Crippen LogP contribution is 2.27. The second kappa shape index (κ2) is 5.77. The van der Waals surface area contributed by atoms with Gasteiger partial charge in [-0.15, -0.1) is 0 Å². The number of aryl methyl sites for hydroxylation is 1. The lowest BCUT2D eigenvalue weighted by molar-refractivity contribution is -0.123. The quantitative estimate of drug-likeness (QED) is 0.932. The van der Waals surface area contributed by atoms with Gasteiger partial charge in [-0.25, -0.2) is 12.7 Å². The average molecular weight is 312 g/mol. The Hall–Kier alpha value is -1.40. The van der Waals surface area contributed by atoms with Crippen LogP contribution in [-0.4, -0.2) is 32.7 Å². The lowest BCUT2D eigenvalue weighted by Gasteiger charge is -2.21. The minimum atomic E-state index is -3.53. The Morgan fingerprint density at radius 3 is 2.10 bits per heavy atom. The molecule has 0 bridgehead atoms. The van der Waals surface area contributed by atoms with Crippen LogP contribution in [0.1, 0.15) is 31.9 Å². The van der Waals surface area contributed by atoms with Crippen LogP contribution in [0.4, 0.5) is 5.69 Å². The molecule has 0 spiro atoms. The number of carbonyl (C=O) groups is 1. The fourth-order valence-electron chi connectivity index (χ4n) is 1.63. The molecule has 1 rings (SSSR count). The number of amides is 1. The van der Waals surface area contributed by atoms with Crippen molar-refractivity contribution in [2.45, 2.75) is 39.5 Å². The van der Waals surface area contributed by atoms with Crippen molar-refractivity contribution < 1.29 is 13.2 Å². The molecular formula is C15H24N2O3S. The number of hydrogen-bond acceptors (Lipinski definition) is 3. The maximum absolute atomic E-state index is 12.2. The third-order valence-corrected chi connectivity index (χ3v) is 5.14. The Kier molecular flexibility index (Phi) is 4.85. The van der Waals surface area contributed by atoms with Gasteiger partial charge in [0.1, 0.15) is 0 Å². The smallest absolute Gasteiger partial charge is 0.242 e. The predicted molar refractivity (Wildman–Crippen MR) is 84.9 cm³/mol. The Morgan fingerprint density at radius 2 is 1.67 bits per heavy atom. The van der Waals surface area contributed by atoms with Crippen LogP contribution in [0, 0.1) is 19.3 Å². The van der Waals surface area contributed by atoms with Crippen molar-refractivity contribution in [3.8, 4) is 0 Å². The summed E-state index contributed by atoms with van der Waals surface area (Å²) >= 11 is 0. The Balaban J connectivity index is 3.36. The molecule has 0 aliphatic rings. The van der Waals surface area contributed by atoms with Crippen LogP contribution in [-0.2, 0) is 14.8 Å². The molecule has 0 heterocycles. The van der Waals surface area contributed by atoms with Gasteiger partial charge in [0, 0.05) is 25.2 Å². The molecule has 0 aliphatic carbocycles. The monoisotopic (exact) mass is 312 g/mol. The molecule has 0 radical (unpaired) electrons. The third kappa shape index (κ3) is 3.83. The van der Waals surface area contributed by atoms with Crippen LogP contribution in [0.3, 0.4) is 0 Å². The van der Waals surface area contributed by atoms with Crippen LogP contribution >= 0.6 is 0 Å². The SMILES string of the molecule is Cc1cc(S(=O)(=O)N(C)C)cc(NC(=O)C(C)(C)C)c1C. The summed E-state index contributed by atoms with van der Waals surface area (Å²) in [7, 11) is -0.560. The zero-order valence-corrected chi connectivity index (χ0v) is 14.6. The first kappa shape index (κ1) is 17.7. The van der Waals surface area contributed by atoms with Crippen LogP contribution < -0.4 is 5.32 Å². The molecule has 0 atom stereocenters. The maximum atomic E-state index is 12.2. The molecule has 1 amide bonds. The first-order valence-corrected chi connectivity index (χ1v) is 8.16. The van der Waals surface area contributed by atoms with Gasteiger partial charge in [-0.2, -0.15) is 0 Å². The maximum Gasteiger partial charge on any atom is 0.242 e. The fourth-order valence-corrected chi connectivity index (χ4v) is 2.64. The summed E-state index contributed by atoms with van der Waals surface area (Å²) in [4.78, 5) is 12.3. The van der Waals surface area contributed by atoms with Crippen molar-refractivity contribution in [2.75, 3.05) is 19.4 Å². The number of rotatable bonds is 3. The van der Waals surface area contributed by atoms with Gasteiger partial charge in [0.05, 0.1) is 4.90 Å². The van der Waals surface area contributed by atoms with Crippen molar-refractivity contribution in [1.82, 2.24) is 4.31 Å². The van der Waals surface area contributed by atoms with E-state index in [1.807, 2.05) is 34.6 Å². The summed E-state index contributed by atoms with van der Waals surface area (Å²) in [5.41, 5.74) is 1.68. The van der Waals surface area contributed by atoms with Gasteiger partial charge in [-0.05, 0) is 37.1 Å². The molecule has 1 N–H and O–H groups in total. The molecule has 1 aromatic rings. The lowest BCUT2D eigenvalue weighted by Crippen LogP contribution is -2.28. The number of nitrogens with one attached hydrogen (secondary N) is 1. The zero-order valence-electron chi connectivity index (χ0n) is 13.7. The normalized spacial score (nSPS) is 12.6. The van der Waals surface area contributed by atoms with Gasteiger partial charge < -0.3 is 5.32 Å². The van der Waals surface area contributed by atoms with Crippen molar-refractivity contribution in [1.29, 1.82) is 0 Å². The highest BCUT2D eigenvalue weighted by Gasteiger charge is 2.24. The fraction of sp³-hybridized carbons (Fsp3) is 0.533. The van der Waals surface area contributed by atoms with Gasteiger partial charge >= 0.3 is 0 Å². The Labute approximate surface area is 127 Å². The Morgan fingerprint density at radius 1 is 1.14 bits per heavy atom. The van der Waals surface area contributed by atoms with Crippen molar-refractivity contribution >= 4 is 21.6 Å². The van der Waals surface area contributed by atoms with Crippen LogP contribution in [0.15, 0.2) is 17.0 Å². The van der Waals surface area contributed by atoms with E-state index in [2.05, 4.69) is 5.32 Å². The zero-order chi connectivity index (χ0) is 16.6. The van der Waals surface area contributed by atoms with Crippen molar-refractivity contribution in [3.63, 3.8) is 0 Å². The van der Waals surface area contributed by atoms with Crippen LogP contribution in [0.5, 0.6) is 0 Å². The molecule has 1 aromatic carbocycles. The molecule has 0 fully saturated rings. The second-order valence-electron chi connectivity index (χ2n) is 6.40. The molecule has 6 heteroatoms. The topological polar surface area (TPSA) is 66.5 Å². The van der Waals surface area contributed by atoms with Crippen LogP contribution in [0.2, 0.25) is 0 Å². The van der Waals surface area contributed by atoms with Gasteiger partial charge in [-0.3, -0.25) is 4.79 Å². The summed E-state index contributed by atoms with van der Waals surface area (Å²) in [5.74, 6) is -0.149. The largest absolute Gasteiger partial charge is 0.325 e. The molecule has 118 valence electrons. The molecule has 21 heavy (non-hydrogen) atoms. The summed E-state index contributed by atoms with van der Waals surface area (Å²) in [6, 6.07) is 3.14.